The average Bonchev–Trinajstić information content (AvgIpc) is 3.09. The zero-order chi connectivity index (χ0) is 21.3. The van der Waals surface area contributed by atoms with Crippen LogP contribution in [0, 0.1) is 0 Å². The minimum atomic E-state index is -3.59. The van der Waals surface area contributed by atoms with E-state index in [4.69, 9.17) is 14.5 Å². The van der Waals surface area contributed by atoms with E-state index in [9.17, 15) is 8.42 Å². The van der Waals surface area contributed by atoms with Gasteiger partial charge in [-0.1, -0.05) is 12.1 Å². The summed E-state index contributed by atoms with van der Waals surface area (Å²) in [6, 6.07) is 12.7. The van der Waals surface area contributed by atoms with E-state index in [1.54, 1.807) is 12.1 Å². The molecule has 4 rings (SSSR count). The molecule has 30 heavy (non-hydrogen) atoms. The lowest BCUT2D eigenvalue weighted by atomic mass is 10.3. The number of hydrogen-bond acceptors (Lipinski definition) is 6. The van der Waals surface area contributed by atoms with E-state index in [1.165, 1.54) is 24.6 Å². The molecule has 1 saturated heterocycles. The molecule has 160 valence electrons. The normalized spacial score (nSPS) is 16.1. The highest BCUT2D eigenvalue weighted by atomic mass is 32.2. The van der Waals surface area contributed by atoms with Crippen LogP contribution in [0.2, 0.25) is 0 Å². The smallest absolute Gasteiger partial charge is 0.243 e. The molecule has 1 aromatic heterocycles. The molecule has 0 N–H and O–H groups in total. The van der Waals surface area contributed by atoms with Gasteiger partial charge >= 0.3 is 0 Å². The number of benzene rings is 2. The molecule has 1 aliphatic heterocycles. The summed E-state index contributed by atoms with van der Waals surface area (Å²) in [5, 5.41) is 0. The van der Waals surface area contributed by atoms with Gasteiger partial charge in [0.1, 0.15) is 5.82 Å². The molecule has 0 aliphatic carbocycles. The molecule has 2 aromatic carbocycles. The fourth-order valence-corrected chi connectivity index (χ4v) is 5.23. The lowest BCUT2D eigenvalue weighted by Crippen LogP contribution is -2.48. The fourth-order valence-electron chi connectivity index (χ4n) is 3.79. The molecule has 0 amide bonds. The van der Waals surface area contributed by atoms with Crippen LogP contribution in [0.3, 0.4) is 0 Å². The first-order valence-electron chi connectivity index (χ1n) is 9.79. The number of ether oxygens (including phenoxy) is 2. The second-order valence-electron chi connectivity index (χ2n) is 7.27. The van der Waals surface area contributed by atoms with Gasteiger partial charge in [-0.2, -0.15) is 4.31 Å². The monoisotopic (exact) mass is 430 g/mol. The zero-order valence-electron chi connectivity index (χ0n) is 17.4. The average molecular weight is 431 g/mol. The fraction of sp³-hybridized carbons (Fsp3) is 0.381. The van der Waals surface area contributed by atoms with Crippen molar-refractivity contribution in [1.29, 1.82) is 0 Å². The summed E-state index contributed by atoms with van der Waals surface area (Å²) in [6.45, 7) is 2.85. The highest BCUT2D eigenvalue weighted by Crippen LogP contribution is 2.31. The molecule has 0 unspecified atom stereocenters. The topological polar surface area (TPSA) is 76.9 Å². The van der Waals surface area contributed by atoms with Crippen LogP contribution in [0.1, 0.15) is 5.82 Å². The first kappa shape index (κ1) is 20.6. The number of nitrogens with zero attached hydrogens (tertiary/aromatic N) is 4. The van der Waals surface area contributed by atoms with Gasteiger partial charge in [0.05, 0.1) is 36.7 Å². The first-order chi connectivity index (χ1) is 14.4. The van der Waals surface area contributed by atoms with Crippen LogP contribution in [-0.4, -0.2) is 67.6 Å². The van der Waals surface area contributed by atoms with Gasteiger partial charge in [-0.25, -0.2) is 13.4 Å². The van der Waals surface area contributed by atoms with E-state index >= 15 is 0 Å². The van der Waals surface area contributed by atoms with E-state index in [1.807, 2.05) is 25.2 Å². The van der Waals surface area contributed by atoms with Gasteiger partial charge < -0.3 is 14.0 Å². The number of piperazine rings is 1. The molecule has 8 nitrogen and oxygen atoms in total. The number of hydrogen-bond donors (Lipinski definition) is 0. The summed E-state index contributed by atoms with van der Waals surface area (Å²) in [6.07, 6.45) is 0. The number of aromatic nitrogens is 2. The number of sulfonamides is 1. The number of aryl methyl sites for hydroxylation is 1. The molecule has 3 aromatic rings. The molecule has 0 radical (unpaired) electrons. The summed E-state index contributed by atoms with van der Waals surface area (Å²) < 4.78 is 40.3. The van der Waals surface area contributed by atoms with E-state index in [2.05, 4.69) is 15.5 Å². The standard InChI is InChI=1S/C21H26N4O4S/c1-23-18-7-5-4-6-17(18)22-21(23)15-24-10-12-25(13-11-24)30(26,27)16-8-9-19(28-2)20(14-16)29-3/h4-9,14H,10-13,15H2,1-3H3. The van der Waals surface area contributed by atoms with Gasteiger partial charge in [0, 0.05) is 39.3 Å². The van der Waals surface area contributed by atoms with Gasteiger partial charge in [-0.3, -0.25) is 4.90 Å². The lowest BCUT2D eigenvalue weighted by Gasteiger charge is -2.33. The maximum atomic E-state index is 13.1. The number of fused-ring (bicyclic) bond motifs is 1. The van der Waals surface area contributed by atoms with Crippen LogP contribution in [-0.2, 0) is 23.6 Å². The molecule has 1 aliphatic rings. The quantitative estimate of drug-likeness (QED) is 0.596. The Labute approximate surface area is 176 Å². The Kier molecular flexibility index (Phi) is 5.68. The highest BCUT2D eigenvalue weighted by Gasteiger charge is 2.29. The van der Waals surface area contributed by atoms with Crippen LogP contribution in [0.15, 0.2) is 47.4 Å². The van der Waals surface area contributed by atoms with Crippen molar-refractivity contribution in [3.63, 3.8) is 0 Å². The predicted molar refractivity (Wildman–Crippen MR) is 114 cm³/mol. The maximum Gasteiger partial charge on any atom is 0.243 e. The van der Waals surface area contributed by atoms with Crippen LogP contribution < -0.4 is 9.47 Å². The van der Waals surface area contributed by atoms with Crippen molar-refractivity contribution < 1.29 is 17.9 Å². The number of para-hydroxylation sites is 2. The Morgan fingerprint density at radius 1 is 0.967 bits per heavy atom. The molecule has 0 spiro atoms. The summed E-state index contributed by atoms with van der Waals surface area (Å²) >= 11 is 0. The van der Waals surface area contributed by atoms with E-state index in [0.717, 1.165) is 16.9 Å². The summed E-state index contributed by atoms with van der Waals surface area (Å²) in [7, 11) is 1.44. The van der Waals surface area contributed by atoms with E-state index in [0.29, 0.717) is 44.2 Å². The Morgan fingerprint density at radius 3 is 2.33 bits per heavy atom. The Morgan fingerprint density at radius 2 is 1.67 bits per heavy atom. The summed E-state index contributed by atoms with van der Waals surface area (Å²) in [5.41, 5.74) is 2.08. The minimum absolute atomic E-state index is 0.212. The van der Waals surface area contributed by atoms with Crippen LogP contribution in [0.4, 0.5) is 0 Å². The predicted octanol–water partition coefficient (Wildman–Crippen LogP) is 2.10. The van der Waals surface area contributed by atoms with Crippen molar-refractivity contribution in [2.75, 3.05) is 40.4 Å². The molecular weight excluding hydrogens is 404 g/mol. The third kappa shape index (κ3) is 3.76. The molecule has 0 saturated carbocycles. The molecule has 9 heteroatoms. The molecule has 2 heterocycles. The van der Waals surface area contributed by atoms with Crippen molar-refractivity contribution >= 4 is 21.1 Å². The largest absolute Gasteiger partial charge is 0.493 e. The zero-order valence-corrected chi connectivity index (χ0v) is 18.2. The number of imidazole rings is 1. The van der Waals surface area contributed by atoms with Crippen LogP contribution in [0.5, 0.6) is 11.5 Å². The van der Waals surface area contributed by atoms with Crippen molar-refractivity contribution in [2.45, 2.75) is 11.4 Å². The Hall–Kier alpha value is -2.62. The molecule has 1 fully saturated rings. The SMILES string of the molecule is COc1ccc(S(=O)(=O)N2CCN(Cc3nc4ccccc4n3C)CC2)cc1OC. The van der Waals surface area contributed by atoms with Crippen molar-refractivity contribution in [1.82, 2.24) is 18.8 Å². The lowest BCUT2D eigenvalue weighted by molar-refractivity contribution is 0.177. The van der Waals surface area contributed by atoms with Crippen molar-refractivity contribution in [3.8, 4) is 11.5 Å². The minimum Gasteiger partial charge on any atom is -0.493 e. The van der Waals surface area contributed by atoms with Crippen molar-refractivity contribution in [2.24, 2.45) is 7.05 Å². The second-order valence-corrected chi connectivity index (χ2v) is 9.21. The molecule has 0 atom stereocenters. The van der Waals surface area contributed by atoms with Gasteiger partial charge in [0.15, 0.2) is 11.5 Å². The van der Waals surface area contributed by atoms with Crippen LogP contribution >= 0.6 is 0 Å². The van der Waals surface area contributed by atoms with Gasteiger partial charge in [0.2, 0.25) is 10.0 Å². The first-order valence-corrected chi connectivity index (χ1v) is 11.2. The number of methoxy groups -OCH3 is 2. The van der Waals surface area contributed by atoms with Gasteiger partial charge in [0.25, 0.3) is 0 Å². The molecule has 0 bridgehead atoms. The molecular formula is C21H26N4O4S. The summed E-state index contributed by atoms with van der Waals surface area (Å²) in [4.78, 5) is 7.17. The summed E-state index contributed by atoms with van der Waals surface area (Å²) in [5.74, 6) is 1.88. The second kappa shape index (κ2) is 8.25. The highest BCUT2D eigenvalue weighted by molar-refractivity contribution is 7.89. The van der Waals surface area contributed by atoms with Gasteiger partial charge in [-0.15, -0.1) is 0 Å². The third-order valence-corrected chi connectivity index (χ3v) is 7.46. The third-order valence-electron chi connectivity index (χ3n) is 5.57. The van der Waals surface area contributed by atoms with E-state index < -0.39 is 10.0 Å². The maximum absolute atomic E-state index is 13.1. The van der Waals surface area contributed by atoms with Gasteiger partial charge in [-0.05, 0) is 24.3 Å². The Balaban J connectivity index is 1.45. The van der Waals surface area contributed by atoms with E-state index in [-0.39, 0.29) is 4.90 Å². The Bertz CT molecular complexity index is 1150. The van der Waals surface area contributed by atoms with Crippen molar-refractivity contribution in [3.05, 3.63) is 48.3 Å². The van der Waals surface area contributed by atoms with Crippen LogP contribution in [0.25, 0.3) is 11.0 Å². The number of rotatable bonds is 6.